The summed E-state index contributed by atoms with van der Waals surface area (Å²) in [5, 5.41) is 3.40. The topological polar surface area (TPSA) is 83.1 Å². The van der Waals surface area contributed by atoms with Gasteiger partial charge < -0.3 is 24.3 Å². The minimum Gasteiger partial charge on any atom is -0.497 e. The first kappa shape index (κ1) is 26.3. The Kier molecular flexibility index (Phi) is 7.91. The van der Waals surface area contributed by atoms with Crippen LogP contribution in [0.4, 0.5) is 0 Å². The summed E-state index contributed by atoms with van der Waals surface area (Å²) in [5.74, 6) is 0.920. The van der Waals surface area contributed by atoms with Gasteiger partial charge in [-0.3, -0.25) is 4.79 Å². The van der Waals surface area contributed by atoms with Gasteiger partial charge in [-0.05, 0) is 56.4 Å². The molecule has 1 aliphatic carbocycles. The molecule has 0 fully saturated rings. The fourth-order valence-electron chi connectivity index (χ4n) is 5.12. The molecular formula is C30H35NO6. The van der Waals surface area contributed by atoms with E-state index in [0.717, 1.165) is 22.6 Å². The molecule has 1 heterocycles. The lowest BCUT2D eigenvalue weighted by molar-refractivity contribution is -0.144. The monoisotopic (exact) mass is 505 g/mol. The van der Waals surface area contributed by atoms with Crippen molar-refractivity contribution < 1.29 is 28.5 Å². The molecule has 0 saturated heterocycles. The summed E-state index contributed by atoms with van der Waals surface area (Å²) in [7, 11) is 4.79. The van der Waals surface area contributed by atoms with Crippen molar-refractivity contribution in [2.24, 2.45) is 0 Å². The van der Waals surface area contributed by atoms with Crippen LogP contribution in [0.1, 0.15) is 63.0 Å². The zero-order valence-electron chi connectivity index (χ0n) is 22.3. The molecule has 37 heavy (non-hydrogen) atoms. The van der Waals surface area contributed by atoms with E-state index in [1.165, 1.54) is 0 Å². The largest absolute Gasteiger partial charge is 0.497 e. The van der Waals surface area contributed by atoms with Gasteiger partial charge in [-0.15, -0.1) is 0 Å². The average Bonchev–Trinajstić information content (AvgIpc) is 2.91. The predicted octanol–water partition coefficient (Wildman–Crippen LogP) is 5.42. The number of hydrogen-bond acceptors (Lipinski definition) is 7. The van der Waals surface area contributed by atoms with Crippen molar-refractivity contribution in [1.29, 1.82) is 0 Å². The molecular weight excluding hydrogens is 470 g/mol. The van der Waals surface area contributed by atoms with Gasteiger partial charge in [-0.1, -0.05) is 25.1 Å². The second-order valence-electron chi connectivity index (χ2n) is 9.52. The van der Waals surface area contributed by atoms with Crippen LogP contribution in [0.2, 0.25) is 0 Å². The van der Waals surface area contributed by atoms with Crippen molar-refractivity contribution in [2.45, 2.75) is 58.0 Å². The first-order valence-electron chi connectivity index (χ1n) is 12.6. The van der Waals surface area contributed by atoms with Crippen LogP contribution in [0.25, 0.3) is 0 Å². The van der Waals surface area contributed by atoms with Crippen LogP contribution < -0.4 is 19.5 Å². The van der Waals surface area contributed by atoms with Gasteiger partial charge in [0.25, 0.3) is 0 Å². The van der Waals surface area contributed by atoms with Gasteiger partial charge in [0.05, 0.1) is 38.9 Å². The Morgan fingerprint density at radius 2 is 1.68 bits per heavy atom. The van der Waals surface area contributed by atoms with Crippen molar-refractivity contribution in [3.63, 3.8) is 0 Å². The first-order valence-corrected chi connectivity index (χ1v) is 12.6. The average molecular weight is 506 g/mol. The van der Waals surface area contributed by atoms with Crippen LogP contribution in [-0.4, -0.2) is 39.2 Å². The molecule has 4 rings (SSSR count). The number of Topliss-reactive ketones (excluding diaryl/α,β-unsaturated/α-hetero) is 1. The molecule has 0 spiro atoms. The fraction of sp³-hybridized carbons (Fsp3) is 0.400. The number of benzene rings is 2. The van der Waals surface area contributed by atoms with E-state index in [9.17, 15) is 9.59 Å². The van der Waals surface area contributed by atoms with Crippen LogP contribution in [0.15, 0.2) is 65.0 Å². The van der Waals surface area contributed by atoms with Crippen LogP contribution in [0.3, 0.4) is 0 Å². The maximum absolute atomic E-state index is 13.8. The quantitative estimate of drug-likeness (QED) is 0.480. The van der Waals surface area contributed by atoms with E-state index in [1.54, 1.807) is 27.4 Å². The molecule has 7 nitrogen and oxygen atoms in total. The molecule has 2 aliphatic rings. The number of hydrogen-bond donors (Lipinski definition) is 1. The number of allylic oxidation sites excluding steroid dienone is 3. The molecule has 196 valence electrons. The predicted molar refractivity (Wildman–Crippen MR) is 141 cm³/mol. The summed E-state index contributed by atoms with van der Waals surface area (Å²) in [6, 6.07) is 13.3. The molecule has 0 unspecified atom stereocenters. The summed E-state index contributed by atoms with van der Waals surface area (Å²) in [6.07, 6.45) is 1.43. The maximum Gasteiger partial charge on any atom is 0.337 e. The molecule has 2 aromatic rings. The normalized spacial score (nSPS) is 20.1. The smallest absolute Gasteiger partial charge is 0.337 e. The molecule has 1 N–H and O–H groups in total. The van der Waals surface area contributed by atoms with Crippen molar-refractivity contribution in [1.82, 2.24) is 5.32 Å². The molecule has 0 aromatic heterocycles. The van der Waals surface area contributed by atoms with E-state index in [-0.39, 0.29) is 17.8 Å². The molecule has 0 saturated carbocycles. The van der Waals surface area contributed by atoms with Gasteiger partial charge in [-0.2, -0.15) is 0 Å². The lowest BCUT2D eigenvalue weighted by Crippen LogP contribution is -2.36. The number of nitrogens with one attached hydrogen (secondary N) is 1. The van der Waals surface area contributed by atoms with Crippen LogP contribution in [0.5, 0.6) is 17.2 Å². The summed E-state index contributed by atoms with van der Waals surface area (Å²) in [4.78, 5) is 27.3. The number of esters is 1. The number of methoxy groups -OCH3 is 3. The molecule has 0 bridgehead atoms. The summed E-state index contributed by atoms with van der Waals surface area (Å²) in [6.45, 7) is 5.69. The van der Waals surface area contributed by atoms with E-state index in [1.807, 2.05) is 57.2 Å². The highest BCUT2D eigenvalue weighted by molar-refractivity contribution is 6.04. The van der Waals surface area contributed by atoms with Gasteiger partial charge >= 0.3 is 5.97 Å². The van der Waals surface area contributed by atoms with Gasteiger partial charge in [-0.25, -0.2) is 4.79 Å². The third-order valence-corrected chi connectivity index (χ3v) is 7.27. The Hall–Kier alpha value is -3.74. The lowest BCUT2D eigenvalue weighted by atomic mass is 9.71. The van der Waals surface area contributed by atoms with E-state index in [2.05, 4.69) is 5.32 Å². The van der Waals surface area contributed by atoms with Crippen molar-refractivity contribution in [2.75, 3.05) is 21.3 Å². The number of dihydropyridines is 1. The van der Waals surface area contributed by atoms with Crippen molar-refractivity contribution in [3.05, 3.63) is 76.1 Å². The standard InChI is InChI=1S/C30H35NO6/c1-7-17(2)37-30(33)27-18(3)31-24-14-20(19-8-10-21(34-4)11-9-19)15-25(32)29(24)28(27)23-13-12-22(35-5)16-26(23)36-6/h8-13,16-17,20,28,31H,7,14-15H2,1-6H3/t17-,20+,28-/m0/s1. The Balaban J connectivity index is 1.81. The highest BCUT2D eigenvalue weighted by Gasteiger charge is 2.42. The second-order valence-corrected chi connectivity index (χ2v) is 9.52. The number of rotatable bonds is 8. The highest BCUT2D eigenvalue weighted by Crippen LogP contribution is 2.48. The van der Waals surface area contributed by atoms with Crippen molar-refractivity contribution >= 4 is 11.8 Å². The van der Waals surface area contributed by atoms with Gasteiger partial charge in [0, 0.05) is 35.0 Å². The van der Waals surface area contributed by atoms with Gasteiger partial charge in [0.15, 0.2) is 5.78 Å². The third-order valence-electron chi connectivity index (χ3n) is 7.27. The van der Waals surface area contributed by atoms with Crippen LogP contribution >= 0.6 is 0 Å². The Morgan fingerprint density at radius 3 is 2.30 bits per heavy atom. The number of carbonyl (C=O) groups is 2. The molecule has 1 aliphatic heterocycles. The van der Waals surface area contributed by atoms with E-state index in [0.29, 0.717) is 47.6 Å². The third kappa shape index (κ3) is 5.22. The lowest BCUT2D eigenvalue weighted by Gasteiger charge is -2.37. The van der Waals surface area contributed by atoms with Crippen molar-refractivity contribution in [3.8, 4) is 17.2 Å². The number of ether oxygens (including phenoxy) is 4. The van der Waals surface area contributed by atoms with Crippen LogP contribution in [-0.2, 0) is 14.3 Å². The van der Waals surface area contributed by atoms with E-state index in [4.69, 9.17) is 18.9 Å². The van der Waals surface area contributed by atoms with E-state index < -0.39 is 11.9 Å². The molecule has 0 amide bonds. The molecule has 2 aromatic carbocycles. The van der Waals surface area contributed by atoms with E-state index >= 15 is 0 Å². The molecule has 0 radical (unpaired) electrons. The van der Waals surface area contributed by atoms with Crippen LogP contribution in [0, 0.1) is 0 Å². The number of ketones is 1. The fourth-order valence-corrected chi connectivity index (χ4v) is 5.12. The summed E-state index contributed by atoms with van der Waals surface area (Å²) in [5.41, 5.74) is 4.33. The minimum absolute atomic E-state index is 0.00113. The highest BCUT2D eigenvalue weighted by atomic mass is 16.5. The maximum atomic E-state index is 13.8. The zero-order valence-corrected chi connectivity index (χ0v) is 22.3. The minimum atomic E-state index is -0.613. The Morgan fingerprint density at radius 1 is 1.00 bits per heavy atom. The first-order chi connectivity index (χ1) is 17.8. The SMILES string of the molecule is CC[C@H](C)OC(=O)C1=C(C)NC2=C(C(=O)C[C@H](c3ccc(OC)cc3)C2)[C@H]1c1ccc(OC)cc1OC. The van der Waals surface area contributed by atoms with Gasteiger partial charge in [0.1, 0.15) is 17.2 Å². The number of carbonyl (C=O) groups excluding carboxylic acids is 2. The Bertz CT molecular complexity index is 1240. The summed E-state index contributed by atoms with van der Waals surface area (Å²) >= 11 is 0. The molecule has 7 heteroatoms. The summed E-state index contributed by atoms with van der Waals surface area (Å²) < 4.78 is 22.1. The zero-order chi connectivity index (χ0) is 26.7. The second kappa shape index (κ2) is 11.1. The molecule has 3 atom stereocenters. The Labute approximate surface area is 218 Å². The van der Waals surface area contributed by atoms with Gasteiger partial charge in [0.2, 0.25) is 0 Å².